The fourth-order valence-corrected chi connectivity index (χ4v) is 2.47. The third-order valence-corrected chi connectivity index (χ3v) is 3.34. The lowest BCUT2D eigenvalue weighted by molar-refractivity contribution is 0.340. The number of nitrogens with one attached hydrogen (secondary N) is 1. The third kappa shape index (κ3) is 3.78. The molecule has 0 atom stereocenters. The van der Waals surface area contributed by atoms with Crippen LogP contribution < -0.4 is 15.8 Å². The standard InChI is InChI=1S/C14H14BrClN2O/c1-2-19-12-7-10(17)6-11(8-12)18-14-4-3-9(16)5-13(14)15/h3-8,18H,2,17H2,1H3. The normalized spacial score (nSPS) is 10.3. The van der Waals surface area contributed by atoms with E-state index in [1.54, 1.807) is 6.07 Å². The SMILES string of the molecule is CCOc1cc(N)cc(Nc2ccc(Cl)cc2Br)c1. The highest BCUT2D eigenvalue weighted by molar-refractivity contribution is 9.10. The van der Waals surface area contributed by atoms with E-state index in [9.17, 15) is 0 Å². The van der Waals surface area contributed by atoms with E-state index in [1.165, 1.54) is 0 Å². The molecule has 0 aliphatic carbocycles. The zero-order valence-corrected chi connectivity index (χ0v) is 12.8. The van der Waals surface area contributed by atoms with Gasteiger partial charge in [-0.15, -0.1) is 0 Å². The molecule has 0 radical (unpaired) electrons. The Balaban J connectivity index is 2.27. The molecule has 19 heavy (non-hydrogen) atoms. The molecule has 0 saturated heterocycles. The Labute approximate surface area is 125 Å². The number of anilines is 3. The minimum Gasteiger partial charge on any atom is -0.494 e. The molecule has 100 valence electrons. The Morgan fingerprint density at radius 2 is 2.05 bits per heavy atom. The van der Waals surface area contributed by atoms with Gasteiger partial charge in [0.1, 0.15) is 5.75 Å². The van der Waals surface area contributed by atoms with Gasteiger partial charge in [0.15, 0.2) is 0 Å². The van der Waals surface area contributed by atoms with Gasteiger partial charge in [-0.1, -0.05) is 11.6 Å². The quantitative estimate of drug-likeness (QED) is 0.783. The number of hydrogen-bond donors (Lipinski definition) is 2. The minimum absolute atomic E-state index is 0.605. The highest BCUT2D eigenvalue weighted by Gasteiger charge is 2.04. The van der Waals surface area contributed by atoms with Crippen molar-refractivity contribution in [3.63, 3.8) is 0 Å². The number of ether oxygens (including phenoxy) is 1. The topological polar surface area (TPSA) is 47.3 Å². The van der Waals surface area contributed by atoms with Crippen molar-refractivity contribution in [2.75, 3.05) is 17.7 Å². The van der Waals surface area contributed by atoms with Crippen LogP contribution in [0.2, 0.25) is 5.02 Å². The predicted molar refractivity (Wildman–Crippen MR) is 84.5 cm³/mol. The maximum Gasteiger partial charge on any atom is 0.123 e. The summed E-state index contributed by atoms with van der Waals surface area (Å²) in [5.74, 6) is 0.745. The molecule has 0 fully saturated rings. The molecule has 0 saturated carbocycles. The molecule has 0 aliphatic heterocycles. The summed E-state index contributed by atoms with van der Waals surface area (Å²) in [4.78, 5) is 0. The molecule has 0 aromatic heterocycles. The summed E-state index contributed by atoms with van der Waals surface area (Å²) in [5.41, 5.74) is 8.29. The van der Waals surface area contributed by atoms with Gasteiger partial charge in [0.05, 0.1) is 12.3 Å². The molecule has 0 heterocycles. The number of halogens is 2. The summed E-state index contributed by atoms with van der Waals surface area (Å²) < 4.78 is 6.35. The maximum atomic E-state index is 5.91. The van der Waals surface area contributed by atoms with E-state index >= 15 is 0 Å². The molecule has 3 N–H and O–H groups in total. The van der Waals surface area contributed by atoms with E-state index in [1.807, 2.05) is 37.3 Å². The first-order valence-electron chi connectivity index (χ1n) is 5.84. The Hall–Kier alpha value is -1.39. The van der Waals surface area contributed by atoms with Crippen molar-refractivity contribution in [1.29, 1.82) is 0 Å². The van der Waals surface area contributed by atoms with E-state index < -0.39 is 0 Å². The Bertz CT molecular complexity index is 590. The van der Waals surface area contributed by atoms with Crippen molar-refractivity contribution in [2.24, 2.45) is 0 Å². The van der Waals surface area contributed by atoms with Crippen LogP contribution in [-0.4, -0.2) is 6.61 Å². The molecule has 0 amide bonds. The first kappa shape index (κ1) is 14.0. The summed E-state index contributed by atoms with van der Waals surface area (Å²) in [6.07, 6.45) is 0. The van der Waals surface area contributed by atoms with Crippen LogP contribution in [0.5, 0.6) is 5.75 Å². The van der Waals surface area contributed by atoms with E-state index in [0.29, 0.717) is 17.3 Å². The first-order valence-corrected chi connectivity index (χ1v) is 7.01. The molecule has 0 bridgehead atoms. The molecule has 0 spiro atoms. The smallest absolute Gasteiger partial charge is 0.123 e. The van der Waals surface area contributed by atoms with Crippen LogP contribution >= 0.6 is 27.5 Å². The Morgan fingerprint density at radius 1 is 1.26 bits per heavy atom. The van der Waals surface area contributed by atoms with Crippen molar-refractivity contribution >= 4 is 44.6 Å². The van der Waals surface area contributed by atoms with Crippen molar-refractivity contribution in [3.8, 4) is 5.75 Å². The minimum atomic E-state index is 0.605. The van der Waals surface area contributed by atoms with E-state index in [2.05, 4.69) is 21.2 Å². The first-order chi connectivity index (χ1) is 9.08. The van der Waals surface area contributed by atoms with Gasteiger partial charge in [-0.05, 0) is 47.1 Å². The Morgan fingerprint density at radius 3 is 2.74 bits per heavy atom. The van der Waals surface area contributed by atoms with Crippen LogP contribution in [0.1, 0.15) is 6.92 Å². The average molecular weight is 342 g/mol. The zero-order chi connectivity index (χ0) is 13.8. The second-order valence-corrected chi connectivity index (χ2v) is 5.26. The average Bonchev–Trinajstić information content (AvgIpc) is 2.32. The monoisotopic (exact) mass is 340 g/mol. The number of hydrogen-bond acceptors (Lipinski definition) is 3. The maximum absolute atomic E-state index is 5.91. The second kappa shape index (κ2) is 6.17. The molecule has 2 aromatic rings. The van der Waals surface area contributed by atoms with Gasteiger partial charge >= 0.3 is 0 Å². The van der Waals surface area contributed by atoms with Crippen molar-refractivity contribution in [1.82, 2.24) is 0 Å². The number of benzene rings is 2. The number of nitrogens with two attached hydrogens (primary N) is 1. The van der Waals surface area contributed by atoms with E-state index in [-0.39, 0.29) is 0 Å². The molecule has 2 rings (SSSR count). The summed E-state index contributed by atoms with van der Waals surface area (Å²) in [7, 11) is 0. The summed E-state index contributed by atoms with van der Waals surface area (Å²) in [5, 5.41) is 3.95. The fourth-order valence-electron chi connectivity index (χ4n) is 1.69. The molecule has 2 aromatic carbocycles. The van der Waals surface area contributed by atoms with Crippen LogP contribution in [-0.2, 0) is 0 Å². The van der Waals surface area contributed by atoms with Gasteiger partial charge in [-0.3, -0.25) is 0 Å². The van der Waals surface area contributed by atoms with Crippen LogP contribution in [0.3, 0.4) is 0 Å². The molecular weight excluding hydrogens is 328 g/mol. The van der Waals surface area contributed by atoms with Gasteiger partial charge in [-0.2, -0.15) is 0 Å². The van der Waals surface area contributed by atoms with Crippen molar-refractivity contribution in [3.05, 3.63) is 45.9 Å². The van der Waals surface area contributed by atoms with Gasteiger partial charge in [0.25, 0.3) is 0 Å². The summed E-state index contributed by atoms with van der Waals surface area (Å²) in [6, 6.07) is 11.1. The van der Waals surface area contributed by atoms with Crippen LogP contribution in [0, 0.1) is 0 Å². The Kier molecular flexibility index (Phi) is 4.56. The fraction of sp³-hybridized carbons (Fsp3) is 0.143. The predicted octanol–water partition coefficient (Wildman–Crippen LogP) is 4.83. The van der Waals surface area contributed by atoms with Crippen LogP contribution in [0.15, 0.2) is 40.9 Å². The molecule has 0 unspecified atom stereocenters. The van der Waals surface area contributed by atoms with Gasteiger partial charge in [-0.25, -0.2) is 0 Å². The van der Waals surface area contributed by atoms with Crippen molar-refractivity contribution in [2.45, 2.75) is 6.92 Å². The van der Waals surface area contributed by atoms with E-state index in [0.717, 1.165) is 21.6 Å². The number of nitrogen functional groups attached to an aromatic ring is 1. The van der Waals surface area contributed by atoms with Crippen LogP contribution in [0.25, 0.3) is 0 Å². The molecule has 5 heteroatoms. The van der Waals surface area contributed by atoms with Crippen molar-refractivity contribution < 1.29 is 4.74 Å². The van der Waals surface area contributed by atoms with Gasteiger partial charge in [0.2, 0.25) is 0 Å². The highest BCUT2D eigenvalue weighted by Crippen LogP contribution is 2.31. The lowest BCUT2D eigenvalue weighted by atomic mass is 10.2. The van der Waals surface area contributed by atoms with E-state index in [4.69, 9.17) is 22.1 Å². The second-order valence-electron chi connectivity index (χ2n) is 3.97. The molecule has 0 aliphatic rings. The number of rotatable bonds is 4. The molecule has 3 nitrogen and oxygen atoms in total. The lowest BCUT2D eigenvalue weighted by Gasteiger charge is -2.12. The largest absolute Gasteiger partial charge is 0.494 e. The van der Waals surface area contributed by atoms with Gasteiger partial charge in [0, 0.05) is 33.0 Å². The third-order valence-electron chi connectivity index (χ3n) is 2.45. The highest BCUT2D eigenvalue weighted by atomic mass is 79.9. The summed E-state index contributed by atoms with van der Waals surface area (Å²) >= 11 is 9.38. The summed E-state index contributed by atoms with van der Waals surface area (Å²) in [6.45, 7) is 2.54. The van der Waals surface area contributed by atoms with Gasteiger partial charge < -0.3 is 15.8 Å². The molecular formula is C14H14BrClN2O. The lowest BCUT2D eigenvalue weighted by Crippen LogP contribution is -1.97. The van der Waals surface area contributed by atoms with Crippen LogP contribution in [0.4, 0.5) is 17.1 Å². The zero-order valence-electron chi connectivity index (χ0n) is 10.4.